The normalized spacial score (nSPS) is 13.2. The van der Waals surface area contributed by atoms with Crippen LogP contribution in [0.5, 0.6) is 0 Å². The van der Waals surface area contributed by atoms with Crippen LogP contribution >= 0.6 is 27.3 Å². The topological polar surface area (TPSA) is 32.3 Å². The van der Waals surface area contributed by atoms with Crippen LogP contribution in [0.1, 0.15) is 13.8 Å². The molecule has 0 aliphatic carbocycles. The Morgan fingerprint density at radius 1 is 1.50 bits per heavy atom. The molecule has 1 heterocycles. The largest absolute Gasteiger partial charge is 0.396 e. The van der Waals surface area contributed by atoms with Gasteiger partial charge in [-0.05, 0) is 34.0 Å². The maximum absolute atomic E-state index is 9.13. The summed E-state index contributed by atoms with van der Waals surface area (Å²) in [7, 11) is 0. The minimum Gasteiger partial charge on any atom is -0.396 e. The fraction of sp³-hybridized carbons (Fsp3) is 0.600. The number of rotatable bonds is 5. The van der Waals surface area contributed by atoms with Crippen LogP contribution in [-0.2, 0) is 0 Å². The Kier molecular flexibility index (Phi) is 4.92. The molecule has 1 aromatic heterocycles. The van der Waals surface area contributed by atoms with Gasteiger partial charge in [0.25, 0.3) is 0 Å². The molecule has 0 spiro atoms. The summed E-state index contributed by atoms with van der Waals surface area (Å²) in [5.74, 6) is 0.840. The van der Waals surface area contributed by atoms with Gasteiger partial charge < -0.3 is 10.4 Å². The SMILES string of the molecule is CC(C)C(CO)CNc1ccc(Br)s1. The zero-order chi connectivity index (χ0) is 10.6. The van der Waals surface area contributed by atoms with E-state index in [1.165, 1.54) is 0 Å². The Morgan fingerprint density at radius 3 is 2.64 bits per heavy atom. The van der Waals surface area contributed by atoms with Gasteiger partial charge in [0.15, 0.2) is 0 Å². The monoisotopic (exact) mass is 277 g/mol. The number of thiophene rings is 1. The highest BCUT2D eigenvalue weighted by molar-refractivity contribution is 9.11. The first-order valence-corrected chi connectivity index (χ1v) is 6.34. The van der Waals surface area contributed by atoms with Crippen molar-refractivity contribution >= 4 is 32.3 Å². The molecular weight excluding hydrogens is 262 g/mol. The predicted octanol–water partition coefficient (Wildman–Crippen LogP) is 3.19. The average Bonchev–Trinajstić information content (AvgIpc) is 2.52. The molecular formula is C10H16BrNOS. The molecule has 0 radical (unpaired) electrons. The molecule has 4 heteroatoms. The molecule has 1 unspecified atom stereocenters. The zero-order valence-corrected chi connectivity index (χ0v) is 10.9. The number of hydrogen-bond acceptors (Lipinski definition) is 3. The summed E-state index contributed by atoms with van der Waals surface area (Å²) in [5.41, 5.74) is 0. The summed E-state index contributed by atoms with van der Waals surface area (Å²) >= 11 is 5.09. The lowest BCUT2D eigenvalue weighted by atomic mass is 9.97. The number of hydrogen-bond donors (Lipinski definition) is 2. The molecule has 2 N–H and O–H groups in total. The van der Waals surface area contributed by atoms with Gasteiger partial charge in [0.05, 0.1) is 8.79 Å². The minimum absolute atomic E-state index is 0.247. The first-order valence-electron chi connectivity index (χ1n) is 4.73. The van der Waals surface area contributed by atoms with Gasteiger partial charge >= 0.3 is 0 Å². The number of halogens is 1. The van der Waals surface area contributed by atoms with Gasteiger partial charge in [-0.2, -0.15) is 0 Å². The minimum atomic E-state index is 0.247. The molecule has 0 aromatic carbocycles. The van der Waals surface area contributed by atoms with Gasteiger partial charge in [-0.25, -0.2) is 0 Å². The summed E-state index contributed by atoms with van der Waals surface area (Å²) in [6, 6.07) is 4.07. The number of nitrogens with one attached hydrogen (secondary N) is 1. The molecule has 1 rings (SSSR count). The lowest BCUT2D eigenvalue weighted by Crippen LogP contribution is -2.22. The van der Waals surface area contributed by atoms with E-state index in [4.69, 9.17) is 5.11 Å². The Hall–Kier alpha value is -0.0600. The quantitative estimate of drug-likeness (QED) is 0.867. The van der Waals surface area contributed by atoms with E-state index in [1.54, 1.807) is 11.3 Å². The van der Waals surface area contributed by atoms with E-state index in [9.17, 15) is 0 Å². The Balaban J connectivity index is 2.39. The van der Waals surface area contributed by atoms with E-state index in [0.717, 1.165) is 15.3 Å². The summed E-state index contributed by atoms with van der Waals surface area (Å²) in [6.45, 7) is 5.35. The lowest BCUT2D eigenvalue weighted by molar-refractivity contribution is 0.198. The van der Waals surface area contributed by atoms with Crippen molar-refractivity contribution in [2.24, 2.45) is 11.8 Å². The maximum Gasteiger partial charge on any atom is 0.0894 e. The standard InChI is InChI=1S/C10H16BrNOS/c1-7(2)8(6-13)5-12-10-4-3-9(11)14-10/h3-4,7-8,12-13H,5-6H2,1-2H3. The van der Waals surface area contributed by atoms with Gasteiger partial charge in [-0.1, -0.05) is 13.8 Å². The Labute approximate surface area is 97.5 Å². The van der Waals surface area contributed by atoms with Gasteiger partial charge in [-0.3, -0.25) is 0 Å². The van der Waals surface area contributed by atoms with Crippen molar-refractivity contribution in [3.8, 4) is 0 Å². The van der Waals surface area contributed by atoms with Crippen LogP contribution in [-0.4, -0.2) is 18.3 Å². The third-order valence-corrected chi connectivity index (χ3v) is 3.87. The highest BCUT2D eigenvalue weighted by atomic mass is 79.9. The maximum atomic E-state index is 9.13. The number of aliphatic hydroxyl groups excluding tert-OH is 1. The lowest BCUT2D eigenvalue weighted by Gasteiger charge is -2.18. The highest BCUT2D eigenvalue weighted by Crippen LogP contribution is 2.26. The summed E-state index contributed by atoms with van der Waals surface area (Å²) in [5, 5.41) is 13.6. The van der Waals surface area contributed by atoms with E-state index in [1.807, 2.05) is 12.1 Å². The molecule has 1 aromatic rings. The van der Waals surface area contributed by atoms with Crippen molar-refractivity contribution in [2.45, 2.75) is 13.8 Å². The molecule has 0 amide bonds. The zero-order valence-electron chi connectivity index (χ0n) is 8.46. The second-order valence-corrected chi connectivity index (χ2v) is 6.13. The van der Waals surface area contributed by atoms with E-state index in [2.05, 4.69) is 35.1 Å². The Bertz CT molecular complexity index is 275. The fourth-order valence-corrected chi connectivity index (χ4v) is 2.45. The van der Waals surface area contributed by atoms with Crippen molar-refractivity contribution in [2.75, 3.05) is 18.5 Å². The number of anilines is 1. The van der Waals surface area contributed by atoms with Crippen LogP contribution in [0.3, 0.4) is 0 Å². The van der Waals surface area contributed by atoms with Gasteiger partial charge in [-0.15, -0.1) is 11.3 Å². The second kappa shape index (κ2) is 5.73. The van der Waals surface area contributed by atoms with Crippen molar-refractivity contribution in [3.63, 3.8) is 0 Å². The third-order valence-electron chi connectivity index (χ3n) is 2.29. The van der Waals surface area contributed by atoms with E-state index in [0.29, 0.717) is 11.8 Å². The molecule has 0 bridgehead atoms. The van der Waals surface area contributed by atoms with Gasteiger partial charge in [0.1, 0.15) is 0 Å². The molecule has 0 aliphatic rings. The van der Waals surface area contributed by atoms with Gasteiger partial charge in [0, 0.05) is 19.1 Å². The van der Waals surface area contributed by atoms with Crippen LogP contribution in [0.2, 0.25) is 0 Å². The first-order chi connectivity index (χ1) is 6.63. The molecule has 0 saturated heterocycles. The van der Waals surface area contributed by atoms with Crippen molar-refractivity contribution in [1.82, 2.24) is 0 Å². The Morgan fingerprint density at radius 2 is 2.21 bits per heavy atom. The third kappa shape index (κ3) is 3.59. The highest BCUT2D eigenvalue weighted by Gasteiger charge is 2.11. The average molecular weight is 278 g/mol. The molecule has 0 aliphatic heterocycles. The van der Waals surface area contributed by atoms with Crippen molar-refractivity contribution in [1.29, 1.82) is 0 Å². The predicted molar refractivity (Wildman–Crippen MR) is 65.9 cm³/mol. The molecule has 0 fully saturated rings. The van der Waals surface area contributed by atoms with E-state index < -0.39 is 0 Å². The van der Waals surface area contributed by atoms with E-state index in [-0.39, 0.29) is 6.61 Å². The van der Waals surface area contributed by atoms with Crippen LogP contribution in [0.4, 0.5) is 5.00 Å². The van der Waals surface area contributed by atoms with E-state index >= 15 is 0 Å². The summed E-state index contributed by atoms with van der Waals surface area (Å²) in [6.07, 6.45) is 0. The molecule has 1 atom stereocenters. The molecule has 2 nitrogen and oxygen atoms in total. The first kappa shape index (κ1) is 12.0. The van der Waals surface area contributed by atoms with Crippen LogP contribution in [0, 0.1) is 11.8 Å². The molecule has 0 saturated carbocycles. The van der Waals surface area contributed by atoms with Crippen molar-refractivity contribution in [3.05, 3.63) is 15.9 Å². The van der Waals surface area contributed by atoms with Gasteiger partial charge in [0.2, 0.25) is 0 Å². The summed E-state index contributed by atoms with van der Waals surface area (Å²) in [4.78, 5) is 0. The molecule has 14 heavy (non-hydrogen) atoms. The van der Waals surface area contributed by atoms with Crippen LogP contribution < -0.4 is 5.32 Å². The fourth-order valence-electron chi connectivity index (χ4n) is 1.15. The van der Waals surface area contributed by atoms with Crippen molar-refractivity contribution < 1.29 is 5.11 Å². The van der Waals surface area contributed by atoms with Crippen LogP contribution in [0.25, 0.3) is 0 Å². The number of aliphatic hydroxyl groups is 1. The second-order valence-electron chi connectivity index (χ2n) is 3.67. The summed E-state index contributed by atoms with van der Waals surface area (Å²) < 4.78 is 1.13. The molecule has 80 valence electrons. The van der Waals surface area contributed by atoms with Crippen LogP contribution in [0.15, 0.2) is 15.9 Å². The smallest absolute Gasteiger partial charge is 0.0894 e.